The Morgan fingerprint density at radius 3 is 2.50 bits per heavy atom. The fourth-order valence-corrected chi connectivity index (χ4v) is 1.21. The minimum absolute atomic E-state index is 0.0492. The highest BCUT2D eigenvalue weighted by Crippen LogP contribution is 2.19. The van der Waals surface area contributed by atoms with E-state index in [-0.39, 0.29) is 18.1 Å². The lowest BCUT2D eigenvalue weighted by atomic mass is 9.89. The summed E-state index contributed by atoms with van der Waals surface area (Å²) in [4.78, 5) is 11.1. The number of hydrogen-bond acceptors (Lipinski definition) is 2. The molecule has 12 heavy (non-hydrogen) atoms. The van der Waals surface area contributed by atoms with Crippen molar-refractivity contribution >= 4 is 5.91 Å². The van der Waals surface area contributed by atoms with E-state index in [1.165, 1.54) is 0 Å². The Morgan fingerprint density at radius 2 is 2.08 bits per heavy atom. The Balaban J connectivity index is 2.24. The number of nitrogens with one attached hydrogen (secondary N) is 1. The number of carbonyl (C=O) groups excluding carboxylic acids is 1. The van der Waals surface area contributed by atoms with Gasteiger partial charge in [-0.05, 0) is 26.7 Å². The zero-order valence-electron chi connectivity index (χ0n) is 7.50. The molecule has 2 N–H and O–H groups in total. The highest BCUT2D eigenvalue weighted by molar-refractivity contribution is 5.88. The fraction of sp³-hybridized carbons (Fsp3) is 0.667. The van der Waals surface area contributed by atoms with Crippen LogP contribution in [0.15, 0.2) is 11.6 Å². The van der Waals surface area contributed by atoms with Gasteiger partial charge in [-0.25, -0.2) is 0 Å². The van der Waals surface area contributed by atoms with Gasteiger partial charge in [0.25, 0.3) is 0 Å². The summed E-state index contributed by atoms with van der Waals surface area (Å²) in [6.45, 7) is 3.77. The molecule has 3 heteroatoms. The highest BCUT2D eigenvalue weighted by atomic mass is 16.3. The number of hydrogen-bond donors (Lipinski definition) is 2. The second-order valence-corrected chi connectivity index (χ2v) is 3.55. The van der Waals surface area contributed by atoms with Crippen LogP contribution in [0.2, 0.25) is 0 Å². The van der Waals surface area contributed by atoms with Crippen molar-refractivity contribution in [1.29, 1.82) is 0 Å². The average molecular weight is 169 g/mol. The van der Waals surface area contributed by atoms with Crippen LogP contribution in [0, 0.1) is 0 Å². The molecular weight excluding hydrogens is 154 g/mol. The van der Waals surface area contributed by atoms with Gasteiger partial charge in [-0.2, -0.15) is 0 Å². The Labute approximate surface area is 72.5 Å². The second-order valence-electron chi connectivity index (χ2n) is 3.55. The molecule has 1 aliphatic rings. The maximum absolute atomic E-state index is 11.1. The molecule has 0 saturated heterocycles. The summed E-state index contributed by atoms with van der Waals surface area (Å²) in [5.74, 6) is -0.0492. The quantitative estimate of drug-likeness (QED) is 0.594. The first kappa shape index (κ1) is 9.26. The minimum Gasteiger partial charge on any atom is -0.393 e. The van der Waals surface area contributed by atoms with Crippen LogP contribution < -0.4 is 5.32 Å². The Kier molecular flexibility index (Phi) is 2.87. The van der Waals surface area contributed by atoms with Crippen molar-refractivity contribution in [3.63, 3.8) is 0 Å². The molecule has 1 fully saturated rings. The average Bonchev–Trinajstić information content (AvgIpc) is 1.82. The molecule has 1 rings (SSSR count). The molecule has 0 bridgehead atoms. The van der Waals surface area contributed by atoms with Gasteiger partial charge in [-0.3, -0.25) is 4.79 Å². The molecule has 3 nitrogen and oxygen atoms in total. The van der Waals surface area contributed by atoms with E-state index in [1.54, 1.807) is 6.08 Å². The van der Waals surface area contributed by atoms with Gasteiger partial charge in [0.1, 0.15) is 0 Å². The fourth-order valence-electron chi connectivity index (χ4n) is 1.21. The molecule has 0 aromatic rings. The summed E-state index contributed by atoms with van der Waals surface area (Å²) in [6, 6.07) is 0.183. The maximum atomic E-state index is 11.1. The third kappa shape index (κ3) is 2.66. The van der Waals surface area contributed by atoms with E-state index in [9.17, 15) is 4.79 Å². The first-order chi connectivity index (χ1) is 5.58. The molecule has 0 aromatic heterocycles. The van der Waals surface area contributed by atoms with Crippen LogP contribution in [0.4, 0.5) is 0 Å². The summed E-state index contributed by atoms with van der Waals surface area (Å²) >= 11 is 0. The molecule has 0 aliphatic heterocycles. The van der Waals surface area contributed by atoms with E-state index in [4.69, 9.17) is 5.11 Å². The van der Waals surface area contributed by atoms with Gasteiger partial charge in [0, 0.05) is 12.1 Å². The van der Waals surface area contributed by atoms with E-state index in [1.807, 2.05) is 13.8 Å². The monoisotopic (exact) mass is 169 g/mol. The van der Waals surface area contributed by atoms with E-state index in [0.29, 0.717) is 12.8 Å². The molecule has 0 heterocycles. The van der Waals surface area contributed by atoms with E-state index >= 15 is 0 Å². The van der Waals surface area contributed by atoms with E-state index in [0.717, 1.165) is 5.57 Å². The molecule has 68 valence electrons. The SMILES string of the molecule is CC(C)=CC(=O)NC1CC(O)C1. The molecule has 1 saturated carbocycles. The van der Waals surface area contributed by atoms with Gasteiger partial charge < -0.3 is 10.4 Å². The zero-order chi connectivity index (χ0) is 9.14. The molecular formula is C9H15NO2. The van der Waals surface area contributed by atoms with E-state index in [2.05, 4.69) is 5.32 Å². The van der Waals surface area contributed by atoms with Crippen LogP contribution in [-0.4, -0.2) is 23.2 Å². The smallest absolute Gasteiger partial charge is 0.244 e. The number of rotatable bonds is 2. The predicted molar refractivity (Wildman–Crippen MR) is 46.6 cm³/mol. The summed E-state index contributed by atoms with van der Waals surface area (Å²) in [5, 5.41) is 11.7. The Bertz CT molecular complexity index is 201. The van der Waals surface area contributed by atoms with Crippen molar-refractivity contribution in [2.24, 2.45) is 0 Å². The lowest BCUT2D eigenvalue weighted by molar-refractivity contribution is -0.118. The minimum atomic E-state index is -0.206. The third-order valence-electron chi connectivity index (χ3n) is 1.88. The van der Waals surface area contributed by atoms with Crippen molar-refractivity contribution < 1.29 is 9.90 Å². The van der Waals surface area contributed by atoms with Gasteiger partial charge in [-0.1, -0.05) is 5.57 Å². The first-order valence-electron chi connectivity index (χ1n) is 4.21. The van der Waals surface area contributed by atoms with Crippen LogP contribution in [0.5, 0.6) is 0 Å². The van der Waals surface area contributed by atoms with Crippen molar-refractivity contribution in [2.45, 2.75) is 38.8 Å². The van der Waals surface area contributed by atoms with Crippen molar-refractivity contribution in [3.8, 4) is 0 Å². The third-order valence-corrected chi connectivity index (χ3v) is 1.88. The Hall–Kier alpha value is -0.830. The molecule has 0 spiro atoms. The zero-order valence-corrected chi connectivity index (χ0v) is 7.50. The molecule has 1 aliphatic carbocycles. The molecule has 0 unspecified atom stereocenters. The number of aliphatic hydroxyl groups is 1. The van der Waals surface area contributed by atoms with Crippen LogP contribution in [0.3, 0.4) is 0 Å². The molecule has 1 amide bonds. The standard InChI is InChI=1S/C9H15NO2/c1-6(2)3-9(12)10-7-4-8(11)5-7/h3,7-8,11H,4-5H2,1-2H3,(H,10,12). The second kappa shape index (κ2) is 3.72. The number of aliphatic hydroxyl groups excluding tert-OH is 1. The number of carbonyl (C=O) groups is 1. The van der Waals surface area contributed by atoms with Crippen LogP contribution in [0.1, 0.15) is 26.7 Å². The van der Waals surface area contributed by atoms with Crippen molar-refractivity contribution in [2.75, 3.05) is 0 Å². The first-order valence-corrected chi connectivity index (χ1v) is 4.21. The van der Waals surface area contributed by atoms with Gasteiger partial charge in [0.15, 0.2) is 0 Å². The van der Waals surface area contributed by atoms with Gasteiger partial charge in [0.2, 0.25) is 5.91 Å². The largest absolute Gasteiger partial charge is 0.393 e. The topological polar surface area (TPSA) is 49.3 Å². The summed E-state index contributed by atoms with van der Waals surface area (Å²) in [6.07, 6.45) is 2.76. The van der Waals surface area contributed by atoms with E-state index < -0.39 is 0 Å². The summed E-state index contributed by atoms with van der Waals surface area (Å²) in [7, 11) is 0. The molecule has 0 radical (unpaired) electrons. The number of amides is 1. The van der Waals surface area contributed by atoms with Crippen molar-refractivity contribution in [1.82, 2.24) is 5.32 Å². The normalized spacial score (nSPS) is 27.2. The van der Waals surface area contributed by atoms with Gasteiger partial charge >= 0.3 is 0 Å². The predicted octanol–water partition coefficient (Wildman–Crippen LogP) is 0.592. The molecule has 0 atom stereocenters. The van der Waals surface area contributed by atoms with Crippen LogP contribution in [0.25, 0.3) is 0 Å². The van der Waals surface area contributed by atoms with Gasteiger partial charge in [-0.15, -0.1) is 0 Å². The highest BCUT2D eigenvalue weighted by Gasteiger charge is 2.27. The molecule has 0 aromatic carbocycles. The van der Waals surface area contributed by atoms with Crippen molar-refractivity contribution in [3.05, 3.63) is 11.6 Å². The van der Waals surface area contributed by atoms with Crippen LogP contribution >= 0.6 is 0 Å². The van der Waals surface area contributed by atoms with Gasteiger partial charge in [0.05, 0.1) is 6.10 Å². The Morgan fingerprint density at radius 1 is 1.50 bits per heavy atom. The van der Waals surface area contributed by atoms with Crippen LogP contribution in [-0.2, 0) is 4.79 Å². The summed E-state index contributed by atoms with van der Waals surface area (Å²) in [5.41, 5.74) is 0.993. The lowest BCUT2D eigenvalue weighted by Crippen LogP contribution is -2.46. The lowest BCUT2D eigenvalue weighted by Gasteiger charge is -2.31. The maximum Gasteiger partial charge on any atom is 0.244 e. The number of allylic oxidation sites excluding steroid dienone is 1. The summed E-state index contributed by atoms with van der Waals surface area (Å²) < 4.78 is 0.